The number of carbonyl (C=O) groups is 1. The van der Waals surface area contributed by atoms with E-state index in [4.69, 9.17) is 0 Å². The zero-order valence-electron chi connectivity index (χ0n) is 22.6. The van der Waals surface area contributed by atoms with E-state index >= 15 is 4.39 Å². The Labute approximate surface area is 226 Å². The Bertz CT molecular complexity index is 1620. The molecule has 0 aliphatic carbocycles. The van der Waals surface area contributed by atoms with Gasteiger partial charge in [0.25, 0.3) is 5.91 Å². The van der Waals surface area contributed by atoms with Crippen LogP contribution in [0.1, 0.15) is 43.6 Å². The molecule has 0 spiro atoms. The third kappa shape index (κ3) is 4.27. The van der Waals surface area contributed by atoms with Gasteiger partial charge in [0.05, 0.1) is 11.9 Å². The first-order valence-corrected chi connectivity index (χ1v) is 13.4. The maximum atomic E-state index is 15.3. The van der Waals surface area contributed by atoms with Crippen LogP contribution in [-0.2, 0) is 5.41 Å². The second-order valence-corrected chi connectivity index (χ2v) is 10.8. The number of hydrogen-bond donors (Lipinski definition) is 3. The van der Waals surface area contributed by atoms with E-state index in [9.17, 15) is 4.79 Å². The highest BCUT2D eigenvalue weighted by Gasteiger charge is 2.41. The van der Waals surface area contributed by atoms with Crippen LogP contribution >= 0.6 is 0 Å². The Morgan fingerprint density at radius 1 is 1.15 bits per heavy atom. The maximum absolute atomic E-state index is 15.3. The van der Waals surface area contributed by atoms with E-state index in [-0.39, 0.29) is 23.1 Å². The monoisotopic (exact) mass is 525 g/mol. The van der Waals surface area contributed by atoms with Gasteiger partial charge in [-0.1, -0.05) is 13.8 Å². The molecule has 0 unspecified atom stereocenters. The zero-order chi connectivity index (χ0) is 27.3. The molecule has 2 aliphatic heterocycles. The molecule has 0 radical (unpaired) electrons. The number of nitrogens with zero attached hydrogens (tertiary/aromatic N) is 4. The highest BCUT2D eigenvalue weighted by atomic mass is 19.1. The first-order valence-electron chi connectivity index (χ1n) is 13.4. The molecule has 39 heavy (non-hydrogen) atoms. The number of pyridine rings is 2. The molecule has 1 atom stereocenters. The lowest BCUT2D eigenvalue weighted by molar-refractivity contribution is 0.102. The third-order valence-corrected chi connectivity index (χ3v) is 8.36. The summed E-state index contributed by atoms with van der Waals surface area (Å²) in [6.07, 6.45) is 5.12. The molecule has 2 aliphatic rings. The summed E-state index contributed by atoms with van der Waals surface area (Å²) in [5, 5.41) is 7.09. The van der Waals surface area contributed by atoms with Crippen LogP contribution in [0.15, 0.2) is 53.9 Å². The normalized spacial score (nSPS) is 18.9. The summed E-state index contributed by atoms with van der Waals surface area (Å²) < 4.78 is 15.3. The van der Waals surface area contributed by atoms with Crippen LogP contribution in [0.25, 0.3) is 22.2 Å². The number of halogens is 1. The van der Waals surface area contributed by atoms with E-state index in [1.54, 1.807) is 18.5 Å². The first-order chi connectivity index (χ1) is 18.8. The molecular formula is C30H32FN7O. The van der Waals surface area contributed by atoms with Gasteiger partial charge >= 0.3 is 0 Å². The number of amides is 1. The third-order valence-electron chi connectivity index (χ3n) is 8.36. The number of fused-ring (bicyclic) bond motifs is 2. The topological polar surface area (TPSA) is 98.3 Å². The number of nitrogens with one attached hydrogen (secondary N) is 3. The van der Waals surface area contributed by atoms with Crippen molar-refractivity contribution < 1.29 is 9.18 Å². The van der Waals surface area contributed by atoms with Crippen LogP contribution in [0.3, 0.4) is 0 Å². The standard InChI is InChI=1S/C30H32FN7O/c1-17(2)30(4)18(3)36-27-24(30)11-20(12-25(27)31)23-16-35-28-22(23)14-21(15-34-28)37-29(39)19-5-6-33-26(13-19)38-9-7-32-8-10-38/h5-6,11-17,32H,7-10H2,1-4H3,(H,34,35)(H,37,39)/t30-/m0/s1. The molecular weight excluding hydrogens is 493 g/mol. The minimum Gasteiger partial charge on any atom is -0.354 e. The Morgan fingerprint density at radius 2 is 1.95 bits per heavy atom. The van der Waals surface area contributed by atoms with Gasteiger partial charge in [-0.15, -0.1) is 0 Å². The van der Waals surface area contributed by atoms with Crippen molar-refractivity contribution >= 4 is 39.8 Å². The average molecular weight is 526 g/mol. The lowest BCUT2D eigenvalue weighted by atomic mass is 9.71. The molecule has 6 rings (SSSR count). The van der Waals surface area contributed by atoms with Crippen molar-refractivity contribution in [2.24, 2.45) is 10.9 Å². The number of piperazine rings is 1. The van der Waals surface area contributed by atoms with Crippen LogP contribution in [0.4, 0.5) is 21.6 Å². The van der Waals surface area contributed by atoms with Crippen molar-refractivity contribution in [3.8, 4) is 11.1 Å². The quantitative estimate of drug-likeness (QED) is 0.322. The summed E-state index contributed by atoms with van der Waals surface area (Å²) in [4.78, 5) is 32.1. The molecule has 1 saturated heterocycles. The fourth-order valence-electron chi connectivity index (χ4n) is 5.61. The van der Waals surface area contributed by atoms with Gasteiger partial charge in [-0.3, -0.25) is 9.79 Å². The first kappa shape index (κ1) is 25.2. The van der Waals surface area contributed by atoms with Crippen molar-refractivity contribution in [3.63, 3.8) is 0 Å². The number of aromatic amines is 1. The minimum atomic E-state index is -0.343. The Kier molecular flexibility index (Phi) is 6.18. The molecule has 9 heteroatoms. The summed E-state index contributed by atoms with van der Waals surface area (Å²) in [7, 11) is 0. The van der Waals surface area contributed by atoms with Crippen LogP contribution in [0.5, 0.6) is 0 Å². The Balaban J connectivity index is 1.31. The highest BCUT2D eigenvalue weighted by Crippen LogP contribution is 2.48. The zero-order valence-corrected chi connectivity index (χ0v) is 22.6. The second kappa shape index (κ2) is 9.57. The predicted molar refractivity (Wildman–Crippen MR) is 154 cm³/mol. The summed E-state index contributed by atoms with van der Waals surface area (Å²) in [5.74, 6) is 0.465. The average Bonchev–Trinajstić information content (AvgIpc) is 3.48. The van der Waals surface area contributed by atoms with E-state index in [0.29, 0.717) is 22.6 Å². The predicted octanol–water partition coefficient (Wildman–Crippen LogP) is 5.45. The van der Waals surface area contributed by atoms with E-state index in [1.165, 1.54) is 6.07 Å². The SMILES string of the molecule is CC1=Nc2c(F)cc(-c3c[nH]c4ncc(NC(=O)c5ccnc(N6CCNCC6)c5)cc34)cc2[C@@]1(C)C(C)C. The number of rotatable bonds is 5. The van der Waals surface area contributed by atoms with Gasteiger partial charge in [-0.05, 0) is 61.2 Å². The minimum absolute atomic E-state index is 0.240. The van der Waals surface area contributed by atoms with Gasteiger partial charge in [-0.25, -0.2) is 14.4 Å². The lowest BCUT2D eigenvalue weighted by Crippen LogP contribution is -2.43. The van der Waals surface area contributed by atoms with Crippen molar-refractivity contribution in [3.05, 3.63) is 65.9 Å². The number of hydrogen-bond acceptors (Lipinski definition) is 6. The highest BCUT2D eigenvalue weighted by molar-refractivity contribution is 6.06. The number of aromatic nitrogens is 3. The van der Waals surface area contributed by atoms with Crippen LogP contribution in [-0.4, -0.2) is 52.7 Å². The molecule has 3 aromatic heterocycles. The van der Waals surface area contributed by atoms with E-state index in [0.717, 1.165) is 59.8 Å². The van der Waals surface area contributed by atoms with E-state index in [2.05, 4.69) is 56.2 Å². The number of benzene rings is 1. The van der Waals surface area contributed by atoms with E-state index < -0.39 is 0 Å². The number of anilines is 2. The molecule has 5 heterocycles. The number of H-pyrrole nitrogens is 1. The van der Waals surface area contributed by atoms with Gasteiger partial charge in [-0.2, -0.15) is 0 Å². The molecule has 4 aromatic rings. The fourth-order valence-corrected chi connectivity index (χ4v) is 5.61. The van der Waals surface area contributed by atoms with E-state index in [1.807, 2.05) is 31.3 Å². The summed E-state index contributed by atoms with van der Waals surface area (Å²) in [6, 6.07) is 8.97. The van der Waals surface area contributed by atoms with Gasteiger partial charge in [0.15, 0.2) is 0 Å². The van der Waals surface area contributed by atoms with Gasteiger partial charge < -0.3 is 20.5 Å². The molecule has 0 bridgehead atoms. The van der Waals surface area contributed by atoms with Crippen LogP contribution in [0.2, 0.25) is 0 Å². The number of aliphatic imine (C=N–C) groups is 1. The van der Waals surface area contributed by atoms with Gasteiger partial charge in [0.2, 0.25) is 0 Å². The van der Waals surface area contributed by atoms with Gasteiger partial charge in [0.1, 0.15) is 23.0 Å². The molecule has 200 valence electrons. The second-order valence-electron chi connectivity index (χ2n) is 10.8. The van der Waals surface area contributed by atoms with Crippen molar-refractivity contribution in [1.82, 2.24) is 20.3 Å². The summed E-state index contributed by atoms with van der Waals surface area (Å²) in [5.41, 5.74) is 5.21. The van der Waals surface area contributed by atoms with Crippen LogP contribution in [0, 0.1) is 11.7 Å². The summed E-state index contributed by atoms with van der Waals surface area (Å²) in [6.45, 7) is 11.8. The van der Waals surface area contributed by atoms with Gasteiger partial charge in [0, 0.05) is 66.2 Å². The molecule has 3 N–H and O–H groups in total. The fraction of sp³-hybridized carbons (Fsp3) is 0.333. The summed E-state index contributed by atoms with van der Waals surface area (Å²) >= 11 is 0. The van der Waals surface area contributed by atoms with Crippen molar-refractivity contribution in [2.75, 3.05) is 36.4 Å². The smallest absolute Gasteiger partial charge is 0.255 e. The molecule has 1 aromatic carbocycles. The molecule has 0 saturated carbocycles. The number of carbonyl (C=O) groups excluding carboxylic acids is 1. The maximum Gasteiger partial charge on any atom is 0.255 e. The Morgan fingerprint density at radius 3 is 2.72 bits per heavy atom. The lowest BCUT2D eigenvalue weighted by Gasteiger charge is -2.31. The Hall–Kier alpha value is -4.11. The molecule has 1 amide bonds. The van der Waals surface area contributed by atoms with Crippen LogP contribution < -0.4 is 15.5 Å². The largest absolute Gasteiger partial charge is 0.354 e. The molecule has 8 nitrogen and oxygen atoms in total. The molecule has 1 fully saturated rings. The van der Waals surface area contributed by atoms with Crippen molar-refractivity contribution in [2.45, 2.75) is 33.1 Å². The van der Waals surface area contributed by atoms with Crippen molar-refractivity contribution in [1.29, 1.82) is 0 Å².